The third-order valence-corrected chi connectivity index (χ3v) is 3.80. The highest BCUT2D eigenvalue weighted by Gasteiger charge is 2.13. The van der Waals surface area contributed by atoms with Gasteiger partial charge in [0.25, 0.3) is 0 Å². The fraction of sp³-hybridized carbons (Fsp3) is 0.833. The zero-order chi connectivity index (χ0) is 16.0. The summed E-state index contributed by atoms with van der Waals surface area (Å²) in [4.78, 5) is 20.7. The first-order chi connectivity index (χ1) is 9.44. The normalized spacial score (nSPS) is 13.0. The van der Waals surface area contributed by atoms with Gasteiger partial charge in [-0.05, 0) is 51.0 Å². The summed E-state index contributed by atoms with van der Waals surface area (Å²) in [6.07, 6.45) is 5.31. The van der Waals surface area contributed by atoms with Crippen molar-refractivity contribution in [3.63, 3.8) is 0 Å². The van der Waals surface area contributed by atoms with Crippen LogP contribution in [0.4, 0.5) is 0 Å². The van der Waals surface area contributed by atoms with Crippen molar-refractivity contribution in [2.75, 3.05) is 38.1 Å². The van der Waals surface area contributed by atoms with Crippen LogP contribution in [0, 0.1) is 0 Å². The van der Waals surface area contributed by atoms with Gasteiger partial charge in [-0.15, -0.1) is 0 Å². The standard InChI is InChI=1S/2C6H13NO2S/c2*1-7-5(6(8)9)3-4-10-2/h2*5,7H,3-4H2,1-2H3,(H,8,9)/t2*5-/m11/s1. The molecule has 4 N–H and O–H groups in total. The van der Waals surface area contributed by atoms with E-state index in [1.54, 1.807) is 37.6 Å². The highest BCUT2D eigenvalue weighted by atomic mass is 32.2. The van der Waals surface area contributed by atoms with E-state index in [0.717, 1.165) is 11.5 Å². The predicted molar refractivity (Wildman–Crippen MR) is 87.0 cm³/mol. The number of hydrogen-bond donors (Lipinski definition) is 4. The highest BCUT2D eigenvalue weighted by molar-refractivity contribution is 7.98. The zero-order valence-electron chi connectivity index (χ0n) is 12.5. The lowest BCUT2D eigenvalue weighted by molar-refractivity contribution is -0.140. The van der Waals surface area contributed by atoms with E-state index in [1.165, 1.54) is 0 Å². The van der Waals surface area contributed by atoms with Crippen molar-refractivity contribution in [3.05, 3.63) is 0 Å². The van der Waals surface area contributed by atoms with Gasteiger partial charge in [-0.25, -0.2) is 0 Å². The number of aliphatic carboxylic acids is 2. The van der Waals surface area contributed by atoms with Crippen LogP contribution < -0.4 is 10.6 Å². The molecule has 0 aromatic heterocycles. The number of hydrogen-bond acceptors (Lipinski definition) is 6. The number of likely N-dealkylation sites (N-methyl/N-ethyl adjacent to an activating group) is 2. The molecule has 0 amide bonds. The number of rotatable bonds is 10. The second-order valence-electron chi connectivity index (χ2n) is 3.92. The average molecular weight is 326 g/mol. The molecule has 0 rings (SSSR count). The molecular formula is C12H26N2O4S2. The van der Waals surface area contributed by atoms with Crippen molar-refractivity contribution in [2.45, 2.75) is 24.9 Å². The molecule has 0 radical (unpaired) electrons. The zero-order valence-corrected chi connectivity index (χ0v) is 14.1. The lowest BCUT2D eigenvalue weighted by Gasteiger charge is -2.08. The SMILES string of the molecule is CN[C@H](CCSC)C(=O)O.CN[C@H](CCSC)C(=O)O. The third-order valence-electron chi connectivity index (χ3n) is 2.51. The summed E-state index contributed by atoms with van der Waals surface area (Å²) in [5.41, 5.74) is 0. The fourth-order valence-electron chi connectivity index (χ4n) is 1.25. The summed E-state index contributed by atoms with van der Waals surface area (Å²) in [5.74, 6) is 0.239. The summed E-state index contributed by atoms with van der Waals surface area (Å²) < 4.78 is 0. The quantitative estimate of drug-likeness (QED) is 0.468. The summed E-state index contributed by atoms with van der Waals surface area (Å²) in [7, 11) is 3.33. The van der Waals surface area contributed by atoms with Crippen molar-refractivity contribution in [1.82, 2.24) is 10.6 Å². The van der Waals surface area contributed by atoms with Crippen molar-refractivity contribution < 1.29 is 19.8 Å². The maximum atomic E-state index is 10.4. The fourth-order valence-corrected chi connectivity index (χ4v) is 2.20. The van der Waals surface area contributed by atoms with Gasteiger partial charge in [0.15, 0.2) is 0 Å². The Morgan fingerprint density at radius 3 is 1.35 bits per heavy atom. The van der Waals surface area contributed by atoms with E-state index in [4.69, 9.17) is 10.2 Å². The Morgan fingerprint density at radius 2 is 1.20 bits per heavy atom. The van der Waals surface area contributed by atoms with E-state index in [2.05, 4.69) is 10.6 Å². The molecule has 0 fully saturated rings. The van der Waals surface area contributed by atoms with E-state index >= 15 is 0 Å². The van der Waals surface area contributed by atoms with E-state index in [1.807, 2.05) is 12.5 Å². The summed E-state index contributed by atoms with van der Waals surface area (Å²) >= 11 is 3.32. The van der Waals surface area contributed by atoms with Gasteiger partial charge < -0.3 is 20.8 Å². The Kier molecular flexibility index (Phi) is 16.3. The molecule has 0 heterocycles. The highest BCUT2D eigenvalue weighted by Crippen LogP contribution is 2.00. The van der Waals surface area contributed by atoms with Gasteiger partial charge in [-0.3, -0.25) is 9.59 Å². The number of nitrogens with one attached hydrogen (secondary N) is 2. The lowest BCUT2D eigenvalue weighted by Crippen LogP contribution is -2.34. The monoisotopic (exact) mass is 326 g/mol. The van der Waals surface area contributed by atoms with Crippen molar-refractivity contribution >= 4 is 35.5 Å². The van der Waals surface area contributed by atoms with Crippen LogP contribution in [0.5, 0.6) is 0 Å². The van der Waals surface area contributed by atoms with Crippen molar-refractivity contribution in [2.24, 2.45) is 0 Å². The average Bonchev–Trinajstić information content (AvgIpc) is 2.40. The van der Waals surface area contributed by atoms with Crippen LogP contribution >= 0.6 is 23.5 Å². The van der Waals surface area contributed by atoms with Gasteiger partial charge in [-0.2, -0.15) is 23.5 Å². The first-order valence-electron chi connectivity index (χ1n) is 6.22. The Hall–Kier alpha value is -0.440. The molecule has 0 aliphatic carbocycles. The molecule has 120 valence electrons. The Balaban J connectivity index is 0. The molecule has 0 aromatic carbocycles. The lowest BCUT2D eigenvalue weighted by atomic mass is 10.2. The van der Waals surface area contributed by atoms with Crippen LogP contribution in [-0.4, -0.2) is 72.3 Å². The summed E-state index contributed by atoms with van der Waals surface area (Å²) in [5, 5.41) is 22.5. The molecule has 0 saturated heterocycles. The van der Waals surface area contributed by atoms with E-state index in [-0.39, 0.29) is 12.1 Å². The van der Waals surface area contributed by atoms with Crippen LogP contribution in [-0.2, 0) is 9.59 Å². The minimum absolute atomic E-state index is 0.382. The number of carboxylic acids is 2. The van der Waals surface area contributed by atoms with Crippen LogP contribution in [0.2, 0.25) is 0 Å². The maximum absolute atomic E-state index is 10.4. The largest absolute Gasteiger partial charge is 0.480 e. The van der Waals surface area contributed by atoms with Crippen LogP contribution in [0.15, 0.2) is 0 Å². The van der Waals surface area contributed by atoms with Gasteiger partial charge in [0, 0.05) is 0 Å². The molecule has 0 aliphatic rings. The molecule has 0 unspecified atom stereocenters. The topological polar surface area (TPSA) is 98.7 Å². The number of carbonyl (C=O) groups is 2. The Labute approximate surface area is 129 Å². The minimum Gasteiger partial charge on any atom is -0.480 e. The molecule has 0 bridgehead atoms. The molecule has 8 heteroatoms. The Morgan fingerprint density at radius 1 is 0.900 bits per heavy atom. The van der Waals surface area contributed by atoms with E-state index in [9.17, 15) is 9.59 Å². The van der Waals surface area contributed by atoms with Crippen molar-refractivity contribution in [1.29, 1.82) is 0 Å². The van der Waals surface area contributed by atoms with Crippen LogP contribution in [0.3, 0.4) is 0 Å². The molecule has 0 aromatic rings. The minimum atomic E-state index is -0.767. The van der Waals surface area contributed by atoms with Crippen molar-refractivity contribution in [3.8, 4) is 0 Å². The first-order valence-corrected chi connectivity index (χ1v) is 9.01. The molecule has 0 saturated carbocycles. The van der Waals surface area contributed by atoms with Crippen LogP contribution in [0.25, 0.3) is 0 Å². The Bertz CT molecular complexity index is 242. The van der Waals surface area contributed by atoms with E-state index < -0.39 is 11.9 Å². The second kappa shape index (κ2) is 15.0. The first kappa shape index (κ1) is 21.9. The smallest absolute Gasteiger partial charge is 0.320 e. The molecule has 2 atom stereocenters. The molecular weight excluding hydrogens is 300 g/mol. The van der Waals surface area contributed by atoms with Gasteiger partial charge >= 0.3 is 11.9 Å². The maximum Gasteiger partial charge on any atom is 0.320 e. The molecule has 20 heavy (non-hydrogen) atoms. The molecule has 0 aliphatic heterocycles. The number of thioether (sulfide) groups is 2. The van der Waals surface area contributed by atoms with Gasteiger partial charge in [-0.1, -0.05) is 0 Å². The van der Waals surface area contributed by atoms with E-state index in [0.29, 0.717) is 12.8 Å². The van der Waals surface area contributed by atoms with Gasteiger partial charge in [0.05, 0.1) is 0 Å². The number of carboxylic acid groups (broad SMARTS) is 2. The summed E-state index contributed by atoms with van der Waals surface area (Å²) in [6, 6.07) is -0.764. The van der Waals surface area contributed by atoms with Crippen LogP contribution in [0.1, 0.15) is 12.8 Å². The van der Waals surface area contributed by atoms with Gasteiger partial charge in [0.1, 0.15) is 12.1 Å². The molecule has 6 nitrogen and oxygen atoms in total. The van der Waals surface area contributed by atoms with Gasteiger partial charge in [0.2, 0.25) is 0 Å². The third kappa shape index (κ3) is 12.6. The second-order valence-corrected chi connectivity index (χ2v) is 5.89. The molecule has 0 spiro atoms. The predicted octanol–water partition coefficient (Wildman–Crippen LogP) is 0.824. The summed E-state index contributed by atoms with van der Waals surface area (Å²) in [6.45, 7) is 0.